The summed E-state index contributed by atoms with van der Waals surface area (Å²) in [6.07, 6.45) is 0. The Hall–Kier alpha value is -1.62. The quantitative estimate of drug-likeness (QED) is 0.734. The topological polar surface area (TPSA) is 50.4 Å². The van der Waals surface area contributed by atoms with E-state index in [1.807, 2.05) is 6.92 Å². The van der Waals surface area contributed by atoms with Gasteiger partial charge in [-0.25, -0.2) is 4.39 Å². The van der Waals surface area contributed by atoms with E-state index >= 15 is 0 Å². The van der Waals surface area contributed by atoms with Gasteiger partial charge in [0.25, 0.3) is 5.91 Å². The van der Waals surface area contributed by atoms with E-state index in [0.717, 1.165) is 6.54 Å². The lowest BCUT2D eigenvalue weighted by molar-refractivity contribution is 0.0946. The minimum atomic E-state index is -0.578. The number of hydrogen-bond donors (Lipinski definition) is 2. The van der Waals surface area contributed by atoms with Gasteiger partial charge in [-0.05, 0) is 18.7 Å². The van der Waals surface area contributed by atoms with E-state index in [4.69, 9.17) is 4.74 Å². The second-order valence-electron chi connectivity index (χ2n) is 3.43. The molecule has 0 fully saturated rings. The number of rotatable bonds is 6. The van der Waals surface area contributed by atoms with Gasteiger partial charge in [0.05, 0.1) is 7.11 Å². The van der Waals surface area contributed by atoms with Crippen molar-refractivity contribution in [2.75, 3.05) is 26.7 Å². The molecule has 1 aromatic rings. The maximum Gasteiger partial charge on any atom is 0.258 e. The molecule has 1 aromatic carbocycles. The number of likely N-dealkylation sites (N-methyl/N-ethyl adjacent to an activating group) is 1. The lowest BCUT2D eigenvalue weighted by Gasteiger charge is -2.10. The van der Waals surface area contributed by atoms with E-state index in [-0.39, 0.29) is 11.3 Å². The van der Waals surface area contributed by atoms with Gasteiger partial charge in [0.2, 0.25) is 0 Å². The third kappa shape index (κ3) is 3.71. The zero-order valence-electron chi connectivity index (χ0n) is 10.0. The van der Waals surface area contributed by atoms with E-state index in [1.54, 1.807) is 6.07 Å². The molecule has 0 aliphatic heterocycles. The number of amides is 1. The third-order valence-corrected chi connectivity index (χ3v) is 2.26. The Morgan fingerprint density at radius 3 is 2.82 bits per heavy atom. The predicted molar refractivity (Wildman–Crippen MR) is 63.8 cm³/mol. The maximum atomic E-state index is 13.5. The van der Waals surface area contributed by atoms with Crippen LogP contribution in [0.1, 0.15) is 17.3 Å². The van der Waals surface area contributed by atoms with Crippen molar-refractivity contribution in [3.05, 3.63) is 29.6 Å². The van der Waals surface area contributed by atoms with Crippen LogP contribution >= 0.6 is 0 Å². The maximum absolute atomic E-state index is 13.5. The molecule has 0 saturated heterocycles. The highest BCUT2D eigenvalue weighted by atomic mass is 19.1. The van der Waals surface area contributed by atoms with E-state index in [1.165, 1.54) is 19.2 Å². The van der Waals surface area contributed by atoms with Crippen molar-refractivity contribution in [2.45, 2.75) is 6.92 Å². The van der Waals surface area contributed by atoms with Gasteiger partial charge < -0.3 is 15.4 Å². The minimum absolute atomic E-state index is 0.0495. The Labute approximate surface area is 100 Å². The van der Waals surface area contributed by atoms with Crippen LogP contribution in [0.2, 0.25) is 0 Å². The van der Waals surface area contributed by atoms with E-state index in [2.05, 4.69) is 10.6 Å². The molecule has 1 rings (SSSR count). The van der Waals surface area contributed by atoms with Crippen LogP contribution in [0.15, 0.2) is 18.2 Å². The molecule has 0 aromatic heterocycles. The zero-order chi connectivity index (χ0) is 12.7. The summed E-state index contributed by atoms with van der Waals surface area (Å²) in [6.45, 7) is 3.91. The summed E-state index contributed by atoms with van der Waals surface area (Å²) < 4.78 is 18.5. The molecule has 0 bridgehead atoms. The van der Waals surface area contributed by atoms with Gasteiger partial charge in [-0.3, -0.25) is 4.79 Å². The summed E-state index contributed by atoms with van der Waals surface area (Å²) in [5, 5.41) is 5.69. The molecular weight excluding hydrogens is 223 g/mol. The van der Waals surface area contributed by atoms with Crippen molar-refractivity contribution in [3.63, 3.8) is 0 Å². The van der Waals surface area contributed by atoms with E-state index < -0.39 is 11.7 Å². The number of hydrogen-bond acceptors (Lipinski definition) is 3. The van der Waals surface area contributed by atoms with Crippen LogP contribution < -0.4 is 15.4 Å². The first-order valence-corrected chi connectivity index (χ1v) is 5.52. The smallest absolute Gasteiger partial charge is 0.258 e. The van der Waals surface area contributed by atoms with Crippen molar-refractivity contribution >= 4 is 5.91 Å². The first-order chi connectivity index (χ1) is 8.20. The molecule has 17 heavy (non-hydrogen) atoms. The average Bonchev–Trinajstić information content (AvgIpc) is 2.34. The molecular formula is C12H17FN2O2. The van der Waals surface area contributed by atoms with Crippen LogP contribution in [-0.4, -0.2) is 32.7 Å². The van der Waals surface area contributed by atoms with Gasteiger partial charge in [0, 0.05) is 13.1 Å². The fourth-order valence-electron chi connectivity index (χ4n) is 1.42. The summed E-state index contributed by atoms with van der Waals surface area (Å²) in [4.78, 5) is 11.7. The summed E-state index contributed by atoms with van der Waals surface area (Å²) in [6, 6.07) is 4.30. The van der Waals surface area contributed by atoms with Crippen LogP contribution in [0.25, 0.3) is 0 Å². The molecule has 0 aliphatic carbocycles. The SMILES string of the molecule is CCNCCNC(=O)c1c(F)cccc1OC. The monoisotopic (exact) mass is 240 g/mol. The number of methoxy groups -OCH3 is 1. The second kappa shape index (κ2) is 6.85. The minimum Gasteiger partial charge on any atom is -0.496 e. The first-order valence-electron chi connectivity index (χ1n) is 5.52. The fourth-order valence-corrected chi connectivity index (χ4v) is 1.42. The fraction of sp³-hybridized carbons (Fsp3) is 0.417. The van der Waals surface area contributed by atoms with Crippen molar-refractivity contribution in [1.82, 2.24) is 10.6 Å². The molecule has 94 valence electrons. The Kier molecular flexibility index (Phi) is 5.42. The number of halogens is 1. The van der Waals surface area contributed by atoms with Gasteiger partial charge in [0.15, 0.2) is 0 Å². The van der Waals surface area contributed by atoms with E-state index in [0.29, 0.717) is 13.1 Å². The number of carbonyl (C=O) groups excluding carboxylic acids is 1. The van der Waals surface area contributed by atoms with Crippen LogP contribution in [0, 0.1) is 5.82 Å². The molecule has 0 heterocycles. The zero-order valence-corrected chi connectivity index (χ0v) is 10.0. The van der Waals surface area contributed by atoms with Gasteiger partial charge in [-0.15, -0.1) is 0 Å². The van der Waals surface area contributed by atoms with Crippen LogP contribution in [0.4, 0.5) is 4.39 Å². The molecule has 0 atom stereocenters. The molecule has 4 nitrogen and oxygen atoms in total. The highest BCUT2D eigenvalue weighted by molar-refractivity contribution is 5.97. The standard InChI is InChI=1S/C12H17FN2O2/c1-3-14-7-8-15-12(16)11-9(13)5-4-6-10(11)17-2/h4-6,14H,3,7-8H2,1-2H3,(H,15,16). The lowest BCUT2D eigenvalue weighted by Crippen LogP contribution is -2.32. The van der Waals surface area contributed by atoms with Crippen molar-refractivity contribution in [3.8, 4) is 5.75 Å². The van der Waals surface area contributed by atoms with Gasteiger partial charge in [0.1, 0.15) is 17.1 Å². The van der Waals surface area contributed by atoms with Crippen LogP contribution in [0.5, 0.6) is 5.75 Å². The average molecular weight is 240 g/mol. The van der Waals surface area contributed by atoms with Crippen molar-refractivity contribution in [2.24, 2.45) is 0 Å². The van der Waals surface area contributed by atoms with Gasteiger partial charge in [-0.1, -0.05) is 13.0 Å². The molecule has 0 saturated carbocycles. The Morgan fingerprint density at radius 2 is 2.18 bits per heavy atom. The Balaban J connectivity index is 2.68. The largest absolute Gasteiger partial charge is 0.496 e. The first kappa shape index (κ1) is 13.4. The second-order valence-corrected chi connectivity index (χ2v) is 3.43. The van der Waals surface area contributed by atoms with Crippen molar-refractivity contribution < 1.29 is 13.9 Å². The van der Waals surface area contributed by atoms with Crippen LogP contribution in [-0.2, 0) is 0 Å². The summed E-state index contributed by atoms with van der Waals surface area (Å²) in [5.41, 5.74) is -0.0495. The van der Waals surface area contributed by atoms with Crippen LogP contribution in [0.3, 0.4) is 0 Å². The molecule has 5 heteroatoms. The molecule has 2 N–H and O–H groups in total. The third-order valence-electron chi connectivity index (χ3n) is 2.26. The molecule has 0 radical (unpaired) electrons. The summed E-state index contributed by atoms with van der Waals surface area (Å²) >= 11 is 0. The van der Waals surface area contributed by atoms with Gasteiger partial charge >= 0.3 is 0 Å². The Morgan fingerprint density at radius 1 is 1.41 bits per heavy atom. The number of nitrogens with one attached hydrogen (secondary N) is 2. The highest BCUT2D eigenvalue weighted by Crippen LogP contribution is 2.20. The predicted octanol–water partition coefficient (Wildman–Crippen LogP) is 1.17. The number of carbonyl (C=O) groups is 1. The molecule has 0 aliphatic rings. The number of ether oxygens (including phenoxy) is 1. The van der Waals surface area contributed by atoms with Gasteiger partial charge in [-0.2, -0.15) is 0 Å². The molecule has 0 unspecified atom stereocenters. The van der Waals surface area contributed by atoms with Crippen molar-refractivity contribution in [1.29, 1.82) is 0 Å². The summed E-state index contributed by atoms with van der Waals surface area (Å²) in [7, 11) is 1.41. The molecule has 0 spiro atoms. The lowest BCUT2D eigenvalue weighted by atomic mass is 10.1. The normalized spacial score (nSPS) is 10.1. The number of benzene rings is 1. The molecule has 1 amide bonds. The summed E-state index contributed by atoms with van der Waals surface area (Å²) in [5.74, 6) is -0.797. The Bertz CT molecular complexity index is 383. The van der Waals surface area contributed by atoms with E-state index in [9.17, 15) is 9.18 Å². The highest BCUT2D eigenvalue weighted by Gasteiger charge is 2.16.